The molecule has 0 saturated carbocycles. The first-order valence-electron chi connectivity index (χ1n) is 7.53. The van der Waals surface area contributed by atoms with Crippen LogP contribution < -0.4 is 10.2 Å². The molecular weight excluding hydrogens is 305 g/mol. The third kappa shape index (κ3) is 4.32. The fourth-order valence-electron chi connectivity index (χ4n) is 2.37. The third-order valence-electron chi connectivity index (χ3n) is 3.94. The van der Waals surface area contributed by atoms with Gasteiger partial charge in [0.25, 0.3) is 0 Å². The van der Waals surface area contributed by atoms with E-state index in [2.05, 4.69) is 10.3 Å². The summed E-state index contributed by atoms with van der Waals surface area (Å²) in [6, 6.07) is 3.62. The average Bonchev–Trinajstić information content (AvgIpc) is 2.46. The minimum Gasteiger partial charge on any atom is -0.356 e. The van der Waals surface area contributed by atoms with Gasteiger partial charge in [0.2, 0.25) is 5.91 Å². The molecule has 1 aliphatic rings. The maximum atomic E-state index is 14.8. The predicted molar refractivity (Wildman–Crippen MR) is 87.0 cm³/mol. The van der Waals surface area contributed by atoms with Gasteiger partial charge in [-0.15, -0.1) is 0 Å². The molecule has 0 radical (unpaired) electrons. The smallest absolute Gasteiger partial charge is 0.225 e. The van der Waals surface area contributed by atoms with E-state index in [1.807, 2.05) is 31.7 Å². The van der Waals surface area contributed by atoms with E-state index in [0.29, 0.717) is 31.0 Å². The first kappa shape index (κ1) is 17.0. The predicted octanol–water partition coefficient (Wildman–Crippen LogP) is 3.21. The molecule has 1 amide bonds. The molecule has 0 atom stereocenters. The zero-order chi connectivity index (χ0) is 16.4. The number of piperidine rings is 1. The molecule has 1 fully saturated rings. The lowest BCUT2D eigenvalue weighted by Gasteiger charge is -2.37. The molecule has 0 aliphatic carbocycles. The Bertz CT molecular complexity index is 519. The van der Waals surface area contributed by atoms with Crippen LogP contribution in [0.1, 0.15) is 33.6 Å². The lowest BCUT2D eigenvalue weighted by atomic mass is 9.91. The molecule has 2 rings (SSSR count). The van der Waals surface area contributed by atoms with Gasteiger partial charge in [-0.3, -0.25) is 4.79 Å². The summed E-state index contributed by atoms with van der Waals surface area (Å²) in [7, 11) is 0. The Morgan fingerprint density at radius 2 is 2.05 bits per heavy atom. The standard InChI is InChI=1S/C16H23ClFN3O/c1-15(2,3)14(22)20-11-16(18)6-8-21(9-7-16)13-5-4-12(17)10-19-13/h4-5,10H,6-9,11H2,1-3H3,(H,20,22). The van der Waals surface area contributed by atoms with Crippen LogP contribution in [0.25, 0.3) is 0 Å². The largest absolute Gasteiger partial charge is 0.356 e. The van der Waals surface area contributed by atoms with Crippen molar-refractivity contribution in [2.75, 3.05) is 24.5 Å². The van der Waals surface area contributed by atoms with Gasteiger partial charge in [0.1, 0.15) is 11.5 Å². The lowest BCUT2D eigenvalue weighted by Crippen LogP contribution is -2.50. The zero-order valence-corrected chi connectivity index (χ0v) is 14.1. The number of rotatable bonds is 3. The summed E-state index contributed by atoms with van der Waals surface area (Å²) in [6.45, 7) is 6.70. The molecular formula is C16H23ClFN3O. The Morgan fingerprint density at radius 3 is 2.55 bits per heavy atom. The van der Waals surface area contributed by atoms with E-state index in [4.69, 9.17) is 11.6 Å². The summed E-state index contributed by atoms with van der Waals surface area (Å²) in [5, 5.41) is 3.32. The monoisotopic (exact) mass is 327 g/mol. The maximum Gasteiger partial charge on any atom is 0.225 e. The topological polar surface area (TPSA) is 45.2 Å². The number of alkyl halides is 1. The number of nitrogens with zero attached hydrogens (tertiary/aromatic N) is 2. The second kappa shape index (κ2) is 6.41. The van der Waals surface area contributed by atoms with Crippen LogP contribution in [0.5, 0.6) is 0 Å². The van der Waals surface area contributed by atoms with Gasteiger partial charge in [0.05, 0.1) is 11.6 Å². The molecule has 0 spiro atoms. The number of amides is 1. The Morgan fingerprint density at radius 1 is 1.41 bits per heavy atom. The van der Waals surface area contributed by atoms with Crippen LogP contribution >= 0.6 is 11.6 Å². The Labute approximate surface area is 136 Å². The first-order valence-corrected chi connectivity index (χ1v) is 7.91. The van der Waals surface area contributed by atoms with Crippen LogP contribution in [0.15, 0.2) is 18.3 Å². The van der Waals surface area contributed by atoms with Crippen molar-refractivity contribution in [3.05, 3.63) is 23.4 Å². The summed E-state index contributed by atoms with van der Waals surface area (Å²) >= 11 is 5.82. The van der Waals surface area contributed by atoms with E-state index in [9.17, 15) is 9.18 Å². The lowest BCUT2D eigenvalue weighted by molar-refractivity contribution is -0.129. The summed E-state index contributed by atoms with van der Waals surface area (Å²) in [5.74, 6) is 0.691. The number of aromatic nitrogens is 1. The van der Waals surface area contributed by atoms with Gasteiger partial charge in [0.15, 0.2) is 0 Å². The highest BCUT2D eigenvalue weighted by atomic mass is 35.5. The van der Waals surface area contributed by atoms with Crippen LogP contribution in [0.3, 0.4) is 0 Å². The van der Waals surface area contributed by atoms with Crippen molar-refractivity contribution < 1.29 is 9.18 Å². The van der Waals surface area contributed by atoms with Gasteiger partial charge in [-0.1, -0.05) is 32.4 Å². The minimum atomic E-state index is -1.34. The molecule has 1 aromatic heterocycles. The SMILES string of the molecule is CC(C)(C)C(=O)NCC1(F)CCN(c2ccc(Cl)cn2)CC1. The molecule has 4 nitrogen and oxygen atoms in total. The number of hydrogen-bond acceptors (Lipinski definition) is 3. The Hall–Kier alpha value is -1.36. The summed E-state index contributed by atoms with van der Waals surface area (Å²) in [4.78, 5) is 18.2. The van der Waals surface area contributed by atoms with Gasteiger partial charge in [-0.05, 0) is 12.1 Å². The van der Waals surface area contributed by atoms with Crippen molar-refractivity contribution in [2.24, 2.45) is 5.41 Å². The average molecular weight is 328 g/mol. The molecule has 0 unspecified atom stereocenters. The van der Waals surface area contributed by atoms with Crippen molar-refractivity contribution in [1.29, 1.82) is 0 Å². The fourth-order valence-corrected chi connectivity index (χ4v) is 2.48. The van der Waals surface area contributed by atoms with Crippen LogP contribution in [0.2, 0.25) is 5.02 Å². The Kier molecular flexibility index (Phi) is 4.95. The van der Waals surface area contributed by atoms with Gasteiger partial charge < -0.3 is 10.2 Å². The number of hydrogen-bond donors (Lipinski definition) is 1. The summed E-state index contributed by atoms with van der Waals surface area (Å²) in [5.41, 5.74) is -1.84. The van der Waals surface area contributed by atoms with Crippen LogP contribution in [0.4, 0.5) is 10.2 Å². The molecule has 1 N–H and O–H groups in total. The van der Waals surface area contributed by atoms with E-state index in [1.165, 1.54) is 0 Å². The van der Waals surface area contributed by atoms with Gasteiger partial charge >= 0.3 is 0 Å². The van der Waals surface area contributed by atoms with Crippen LogP contribution in [-0.2, 0) is 4.79 Å². The second-order valence-electron chi connectivity index (χ2n) is 6.91. The number of nitrogens with one attached hydrogen (secondary N) is 1. The van der Waals surface area contributed by atoms with Crippen LogP contribution in [0, 0.1) is 5.41 Å². The highest BCUT2D eigenvalue weighted by Gasteiger charge is 2.36. The minimum absolute atomic E-state index is 0.0744. The van der Waals surface area contributed by atoms with E-state index >= 15 is 0 Å². The molecule has 122 valence electrons. The van der Waals surface area contributed by atoms with Crippen molar-refractivity contribution in [2.45, 2.75) is 39.3 Å². The molecule has 1 saturated heterocycles. The highest BCUT2D eigenvalue weighted by molar-refractivity contribution is 6.30. The van der Waals surface area contributed by atoms with Gasteiger partial charge in [0, 0.05) is 37.5 Å². The van der Waals surface area contributed by atoms with Crippen molar-refractivity contribution in [3.63, 3.8) is 0 Å². The molecule has 1 aromatic rings. The first-order chi connectivity index (χ1) is 10.2. The number of anilines is 1. The Balaban J connectivity index is 1.88. The number of carbonyl (C=O) groups excluding carboxylic acids is 1. The van der Waals surface area contributed by atoms with Gasteiger partial charge in [-0.25, -0.2) is 9.37 Å². The van der Waals surface area contributed by atoms with Crippen molar-refractivity contribution >= 4 is 23.3 Å². The summed E-state index contributed by atoms with van der Waals surface area (Å²) < 4.78 is 14.8. The van der Waals surface area contributed by atoms with Crippen molar-refractivity contribution in [3.8, 4) is 0 Å². The molecule has 0 bridgehead atoms. The van der Waals surface area contributed by atoms with E-state index < -0.39 is 11.1 Å². The quantitative estimate of drug-likeness (QED) is 0.927. The van der Waals surface area contributed by atoms with E-state index in [1.54, 1.807) is 12.3 Å². The molecule has 1 aliphatic heterocycles. The number of pyridine rings is 1. The number of halogens is 2. The van der Waals surface area contributed by atoms with Crippen molar-refractivity contribution in [1.82, 2.24) is 10.3 Å². The summed E-state index contributed by atoms with van der Waals surface area (Å²) in [6.07, 6.45) is 2.35. The molecule has 22 heavy (non-hydrogen) atoms. The third-order valence-corrected chi connectivity index (χ3v) is 4.17. The highest BCUT2D eigenvalue weighted by Crippen LogP contribution is 2.29. The molecule has 6 heteroatoms. The van der Waals surface area contributed by atoms with Gasteiger partial charge in [-0.2, -0.15) is 0 Å². The molecule has 0 aromatic carbocycles. The maximum absolute atomic E-state index is 14.8. The van der Waals surface area contributed by atoms with Crippen LogP contribution in [-0.4, -0.2) is 36.2 Å². The van der Waals surface area contributed by atoms with E-state index in [-0.39, 0.29) is 12.5 Å². The molecule has 2 heterocycles. The fraction of sp³-hybridized carbons (Fsp3) is 0.625. The zero-order valence-electron chi connectivity index (χ0n) is 13.3. The van der Waals surface area contributed by atoms with E-state index in [0.717, 1.165) is 5.82 Å². The number of carbonyl (C=O) groups is 1. The normalized spacial score (nSPS) is 18.1. The second-order valence-corrected chi connectivity index (χ2v) is 7.34.